The average molecular weight is 290 g/mol. The smallest absolute Gasteiger partial charge is 0.0739 e. The topological polar surface area (TPSA) is 48.8 Å². The van der Waals surface area contributed by atoms with E-state index in [9.17, 15) is 0 Å². The van der Waals surface area contributed by atoms with Crippen molar-refractivity contribution in [2.45, 2.75) is 45.1 Å². The molecule has 106 valence electrons. The Morgan fingerprint density at radius 3 is 2.65 bits per heavy atom. The predicted molar refractivity (Wildman–Crippen MR) is 83.2 cm³/mol. The second-order valence-electron chi connectivity index (χ2n) is 5.80. The number of aromatic nitrogens is 1. The molecule has 0 aromatic carbocycles. The molecule has 4 heteroatoms. The zero-order valence-electron chi connectivity index (χ0n) is 11.7. The Kier molecular flexibility index (Phi) is 3.79. The van der Waals surface area contributed by atoms with E-state index >= 15 is 0 Å². The highest BCUT2D eigenvalue weighted by Gasteiger charge is 2.30. The van der Waals surface area contributed by atoms with E-state index in [0.29, 0.717) is 22.7 Å². The van der Waals surface area contributed by atoms with E-state index in [0.717, 1.165) is 29.8 Å². The summed E-state index contributed by atoms with van der Waals surface area (Å²) in [6, 6.07) is 4.36. The second-order valence-corrected chi connectivity index (χ2v) is 6.21. The van der Waals surface area contributed by atoms with E-state index in [1.54, 1.807) is 0 Å². The molecule has 1 aromatic heterocycles. The van der Waals surface area contributed by atoms with Gasteiger partial charge in [0, 0.05) is 29.4 Å². The normalized spacial score (nSPS) is 19.6. The fourth-order valence-corrected chi connectivity index (χ4v) is 2.46. The van der Waals surface area contributed by atoms with Crippen molar-refractivity contribution in [3.05, 3.63) is 34.7 Å². The van der Waals surface area contributed by atoms with Crippen molar-refractivity contribution < 1.29 is 0 Å². The molecular formula is C16H20ClN3. The lowest BCUT2D eigenvalue weighted by Crippen LogP contribution is -2.31. The Morgan fingerprint density at radius 2 is 2.10 bits per heavy atom. The quantitative estimate of drug-likeness (QED) is 0.806. The van der Waals surface area contributed by atoms with Crippen LogP contribution in [-0.2, 0) is 0 Å². The van der Waals surface area contributed by atoms with Gasteiger partial charge >= 0.3 is 0 Å². The van der Waals surface area contributed by atoms with Gasteiger partial charge in [0.2, 0.25) is 0 Å². The third-order valence-corrected chi connectivity index (χ3v) is 4.54. The van der Waals surface area contributed by atoms with Crippen molar-refractivity contribution in [3.8, 4) is 0 Å². The van der Waals surface area contributed by atoms with Crippen molar-refractivity contribution in [3.63, 3.8) is 0 Å². The predicted octanol–water partition coefficient (Wildman–Crippen LogP) is 3.96. The van der Waals surface area contributed by atoms with E-state index in [1.807, 2.05) is 25.3 Å². The summed E-state index contributed by atoms with van der Waals surface area (Å²) in [7, 11) is 0. The van der Waals surface area contributed by atoms with Crippen LogP contribution in [0.25, 0.3) is 5.57 Å². The van der Waals surface area contributed by atoms with Gasteiger partial charge in [0.15, 0.2) is 0 Å². The largest absolute Gasteiger partial charge is 0.388 e. The third-order valence-electron chi connectivity index (χ3n) is 4.14. The average Bonchev–Trinajstić information content (AvgIpc) is 3.19. The highest BCUT2D eigenvalue weighted by molar-refractivity contribution is 6.31. The zero-order valence-corrected chi connectivity index (χ0v) is 12.5. The minimum atomic E-state index is 0.419. The van der Waals surface area contributed by atoms with Gasteiger partial charge in [-0.1, -0.05) is 11.6 Å². The first-order valence-corrected chi connectivity index (χ1v) is 7.71. The molecule has 2 fully saturated rings. The highest BCUT2D eigenvalue weighted by atomic mass is 35.5. The Morgan fingerprint density at radius 1 is 1.35 bits per heavy atom. The van der Waals surface area contributed by atoms with E-state index < -0.39 is 0 Å². The summed E-state index contributed by atoms with van der Waals surface area (Å²) in [5, 5.41) is 12.5. The summed E-state index contributed by atoms with van der Waals surface area (Å²) >= 11 is 6.05. The standard InChI is InChI=1S/C16H20ClN3/c1-10-14(17)7-8-15(20-10)13(16(18)11-5-6-11)9-19-12-3-2-4-12/h7-9,11-12,18-19H,2-6H2,1H3/b13-9-,18-16?. The first-order chi connectivity index (χ1) is 9.65. The summed E-state index contributed by atoms with van der Waals surface area (Å²) in [6.07, 6.45) is 8.03. The molecule has 0 atom stereocenters. The molecule has 0 radical (unpaired) electrons. The minimum Gasteiger partial charge on any atom is -0.388 e. The molecule has 0 spiro atoms. The number of nitrogens with one attached hydrogen (secondary N) is 2. The van der Waals surface area contributed by atoms with Crippen LogP contribution >= 0.6 is 11.6 Å². The molecule has 3 rings (SSSR count). The SMILES string of the molecule is Cc1nc(/C(=C/NC2CCC2)C(=N)C2CC2)ccc1Cl. The number of rotatable bonds is 5. The number of hydrogen-bond acceptors (Lipinski definition) is 3. The van der Waals surface area contributed by atoms with Crippen LogP contribution < -0.4 is 5.32 Å². The number of hydrogen-bond donors (Lipinski definition) is 2. The lowest BCUT2D eigenvalue weighted by atomic mass is 9.93. The van der Waals surface area contributed by atoms with E-state index in [2.05, 4.69) is 10.3 Å². The Bertz CT molecular complexity index is 557. The van der Waals surface area contributed by atoms with Gasteiger partial charge in [-0.3, -0.25) is 4.98 Å². The molecule has 1 heterocycles. The van der Waals surface area contributed by atoms with Crippen LogP contribution in [0.4, 0.5) is 0 Å². The minimum absolute atomic E-state index is 0.419. The molecule has 20 heavy (non-hydrogen) atoms. The molecule has 0 aliphatic heterocycles. The van der Waals surface area contributed by atoms with Crippen LogP contribution in [0.5, 0.6) is 0 Å². The molecule has 3 nitrogen and oxygen atoms in total. The fraction of sp³-hybridized carbons (Fsp3) is 0.500. The molecule has 0 amide bonds. The molecule has 2 aliphatic carbocycles. The van der Waals surface area contributed by atoms with Crippen molar-refractivity contribution in [1.82, 2.24) is 10.3 Å². The van der Waals surface area contributed by atoms with E-state index in [1.165, 1.54) is 19.3 Å². The zero-order chi connectivity index (χ0) is 14.1. The maximum absolute atomic E-state index is 8.36. The molecule has 0 unspecified atom stereocenters. The second kappa shape index (κ2) is 5.57. The lowest BCUT2D eigenvalue weighted by molar-refractivity contribution is 0.373. The molecule has 2 N–H and O–H groups in total. The summed E-state index contributed by atoms with van der Waals surface area (Å²) < 4.78 is 0. The van der Waals surface area contributed by atoms with Gasteiger partial charge in [-0.05, 0) is 51.2 Å². The van der Waals surface area contributed by atoms with E-state index in [4.69, 9.17) is 17.0 Å². The monoisotopic (exact) mass is 289 g/mol. The Hall–Kier alpha value is -1.35. The van der Waals surface area contributed by atoms with Crippen LogP contribution in [-0.4, -0.2) is 16.7 Å². The number of halogens is 1. The summed E-state index contributed by atoms with van der Waals surface area (Å²) in [5.41, 5.74) is 3.32. The van der Waals surface area contributed by atoms with E-state index in [-0.39, 0.29) is 0 Å². The van der Waals surface area contributed by atoms with Gasteiger partial charge < -0.3 is 10.7 Å². The van der Waals surface area contributed by atoms with Gasteiger partial charge in [-0.25, -0.2) is 0 Å². The van der Waals surface area contributed by atoms with Gasteiger partial charge in [-0.2, -0.15) is 0 Å². The highest BCUT2D eigenvalue weighted by Crippen LogP contribution is 2.35. The van der Waals surface area contributed by atoms with Crippen LogP contribution in [0.1, 0.15) is 43.5 Å². The third kappa shape index (κ3) is 2.88. The molecule has 1 aromatic rings. The van der Waals surface area contributed by atoms with Crippen molar-refractivity contribution in [2.24, 2.45) is 5.92 Å². The van der Waals surface area contributed by atoms with Gasteiger partial charge in [0.05, 0.1) is 16.4 Å². The van der Waals surface area contributed by atoms with Crippen LogP contribution in [0.3, 0.4) is 0 Å². The molecule has 0 bridgehead atoms. The van der Waals surface area contributed by atoms with Crippen LogP contribution in [0.15, 0.2) is 18.3 Å². The Balaban J connectivity index is 1.86. The van der Waals surface area contributed by atoms with Gasteiger partial charge in [-0.15, -0.1) is 0 Å². The lowest BCUT2D eigenvalue weighted by Gasteiger charge is -2.26. The number of nitrogens with zero attached hydrogens (tertiary/aromatic N) is 1. The first kappa shape index (κ1) is 13.6. The van der Waals surface area contributed by atoms with Gasteiger partial charge in [0.25, 0.3) is 0 Å². The molecule has 2 saturated carbocycles. The van der Waals surface area contributed by atoms with Crippen LogP contribution in [0, 0.1) is 18.3 Å². The molecular weight excluding hydrogens is 270 g/mol. The summed E-state index contributed by atoms with van der Waals surface area (Å²) in [5.74, 6) is 0.419. The fourth-order valence-electron chi connectivity index (χ4n) is 2.35. The number of pyridine rings is 1. The number of allylic oxidation sites excluding steroid dienone is 1. The molecule has 0 saturated heterocycles. The number of aryl methyl sites for hydroxylation is 1. The van der Waals surface area contributed by atoms with Crippen molar-refractivity contribution in [1.29, 1.82) is 5.41 Å². The first-order valence-electron chi connectivity index (χ1n) is 7.33. The summed E-state index contributed by atoms with van der Waals surface area (Å²) in [4.78, 5) is 4.55. The maximum atomic E-state index is 8.36. The summed E-state index contributed by atoms with van der Waals surface area (Å²) in [6.45, 7) is 1.91. The van der Waals surface area contributed by atoms with Gasteiger partial charge in [0.1, 0.15) is 0 Å². The maximum Gasteiger partial charge on any atom is 0.0739 e. The van der Waals surface area contributed by atoms with Crippen molar-refractivity contribution in [2.75, 3.05) is 0 Å². The van der Waals surface area contributed by atoms with Crippen LogP contribution in [0.2, 0.25) is 5.02 Å². The van der Waals surface area contributed by atoms with Crippen molar-refractivity contribution >= 4 is 22.9 Å². The molecule has 2 aliphatic rings. The Labute approximate surface area is 125 Å².